The van der Waals surface area contributed by atoms with Crippen molar-refractivity contribution in [2.75, 3.05) is 0 Å². The maximum atomic E-state index is 2.57. The molecule has 0 spiro atoms. The predicted molar refractivity (Wildman–Crippen MR) is 180 cm³/mol. The number of nitrogens with zero attached hydrogens (tertiary/aromatic N) is 1. The third-order valence-electron chi connectivity index (χ3n) is 8.94. The van der Waals surface area contributed by atoms with Gasteiger partial charge in [0, 0.05) is 17.5 Å². The number of rotatable bonds is 31. The highest BCUT2D eigenvalue weighted by Gasteiger charge is 2.09. The standard InChI is InChI=1S/C39H74N/c1-4-7-10-13-16-19-20-21-22-25-28-31-34-40-36-38(32-29-26-23-17-14-11-8-5-2)35-39(37-40)33-30-27-24-18-15-12-9-6-3/h35-37H,4-34H2,1-3H3/q+1. The molecule has 1 heteroatoms. The lowest BCUT2D eigenvalue weighted by molar-refractivity contribution is -0.698. The molecule has 0 bridgehead atoms. The van der Waals surface area contributed by atoms with Crippen molar-refractivity contribution in [2.24, 2.45) is 0 Å². The number of hydrogen-bond donors (Lipinski definition) is 0. The van der Waals surface area contributed by atoms with E-state index in [9.17, 15) is 0 Å². The summed E-state index contributed by atoms with van der Waals surface area (Å²) in [5, 5.41) is 0. The number of unbranched alkanes of at least 4 members (excludes halogenated alkanes) is 25. The van der Waals surface area contributed by atoms with E-state index in [0.717, 1.165) is 0 Å². The quantitative estimate of drug-likeness (QED) is 0.0632. The van der Waals surface area contributed by atoms with Crippen LogP contribution >= 0.6 is 0 Å². The molecule has 0 aliphatic carbocycles. The first kappa shape index (κ1) is 37.2. The van der Waals surface area contributed by atoms with E-state index in [1.807, 2.05) is 0 Å². The number of aromatic nitrogens is 1. The Labute approximate surface area is 253 Å². The van der Waals surface area contributed by atoms with E-state index in [2.05, 4.69) is 43.8 Å². The molecule has 0 fully saturated rings. The minimum absolute atomic E-state index is 1.22. The molecule has 0 aliphatic heterocycles. The largest absolute Gasteiger partial charge is 0.205 e. The van der Waals surface area contributed by atoms with Gasteiger partial charge in [-0.25, -0.2) is 4.57 Å². The Morgan fingerprint density at radius 2 is 0.625 bits per heavy atom. The average Bonchev–Trinajstić information content (AvgIpc) is 2.96. The second kappa shape index (κ2) is 29.6. The van der Waals surface area contributed by atoms with Crippen LogP contribution in [0.2, 0.25) is 0 Å². The lowest BCUT2D eigenvalue weighted by atomic mass is 10.0. The zero-order valence-electron chi connectivity index (χ0n) is 28.1. The van der Waals surface area contributed by atoms with Crippen molar-refractivity contribution in [3.63, 3.8) is 0 Å². The lowest BCUT2D eigenvalue weighted by Gasteiger charge is -2.07. The highest BCUT2D eigenvalue weighted by Crippen LogP contribution is 2.15. The van der Waals surface area contributed by atoms with Crippen LogP contribution in [0.4, 0.5) is 0 Å². The lowest BCUT2D eigenvalue weighted by Crippen LogP contribution is -2.34. The molecule has 0 radical (unpaired) electrons. The normalized spacial score (nSPS) is 11.5. The van der Waals surface area contributed by atoms with Crippen molar-refractivity contribution < 1.29 is 4.57 Å². The molecule has 0 N–H and O–H groups in total. The third-order valence-corrected chi connectivity index (χ3v) is 8.94. The van der Waals surface area contributed by atoms with Gasteiger partial charge in [0.05, 0.1) is 0 Å². The van der Waals surface area contributed by atoms with E-state index >= 15 is 0 Å². The van der Waals surface area contributed by atoms with Crippen LogP contribution in [0.25, 0.3) is 0 Å². The Morgan fingerprint density at radius 3 is 0.950 bits per heavy atom. The number of hydrogen-bond acceptors (Lipinski definition) is 0. The van der Waals surface area contributed by atoms with E-state index in [1.165, 1.54) is 199 Å². The Hall–Kier alpha value is -0.850. The second-order valence-electron chi connectivity index (χ2n) is 13.1. The topological polar surface area (TPSA) is 3.88 Å². The van der Waals surface area contributed by atoms with Gasteiger partial charge in [-0.15, -0.1) is 0 Å². The van der Waals surface area contributed by atoms with Crippen molar-refractivity contribution in [1.82, 2.24) is 0 Å². The van der Waals surface area contributed by atoms with Crippen LogP contribution in [-0.2, 0) is 19.4 Å². The van der Waals surface area contributed by atoms with Gasteiger partial charge in [-0.05, 0) is 38.2 Å². The first-order chi connectivity index (χ1) is 19.8. The molecular weight excluding hydrogens is 482 g/mol. The summed E-state index contributed by atoms with van der Waals surface area (Å²) in [6.07, 6.45) is 47.4. The molecule has 0 aliphatic rings. The van der Waals surface area contributed by atoms with Gasteiger partial charge >= 0.3 is 0 Å². The Morgan fingerprint density at radius 1 is 0.350 bits per heavy atom. The van der Waals surface area contributed by atoms with E-state index in [1.54, 1.807) is 11.1 Å². The maximum absolute atomic E-state index is 2.57. The summed E-state index contributed by atoms with van der Waals surface area (Å²) in [7, 11) is 0. The second-order valence-corrected chi connectivity index (χ2v) is 13.1. The molecule has 0 aromatic carbocycles. The van der Waals surface area contributed by atoms with Gasteiger partial charge in [-0.3, -0.25) is 0 Å². The van der Waals surface area contributed by atoms with Gasteiger partial charge in [-0.1, -0.05) is 175 Å². The van der Waals surface area contributed by atoms with Crippen LogP contribution in [0.3, 0.4) is 0 Å². The van der Waals surface area contributed by atoms with Crippen molar-refractivity contribution in [3.05, 3.63) is 29.6 Å². The third kappa shape index (κ3) is 23.8. The molecule has 1 heterocycles. The van der Waals surface area contributed by atoms with Gasteiger partial charge < -0.3 is 0 Å². The molecule has 1 rings (SSSR count). The zero-order valence-corrected chi connectivity index (χ0v) is 28.1. The number of aryl methyl sites for hydroxylation is 3. The van der Waals surface area contributed by atoms with E-state index in [4.69, 9.17) is 0 Å². The fourth-order valence-corrected chi connectivity index (χ4v) is 6.24. The summed E-state index contributed by atoms with van der Waals surface area (Å²) in [5.41, 5.74) is 3.20. The molecule has 0 saturated carbocycles. The Balaban J connectivity index is 2.34. The van der Waals surface area contributed by atoms with Crippen molar-refractivity contribution in [2.45, 2.75) is 220 Å². The van der Waals surface area contributed by atoms with Crippen molar-refractivity contribution in [1.29, 1.82) is 0 Å². The summed E-state index contributed by atoms with van der Waals surface area (Å²) in [4.78, 5) is 0. The highest BCUT2D eigenvalue weighted by atomic mass is 14.9. The summed E-state index contributed by atoms with van der Waals surface area (Å²) in [6.45, 7) is 8.15. The first-order valence-electron chi connectivity index (χ1n) is 18.8. The monoisotopic (exact) mass is 557 g/mol. The van der Waals surface area contributed by atoms with Gasteiger partial charge in [0.2, 0.25) is 0 Å². The van der Waals surface area contributed by atoms with Crippen molar-refractivity contribution >= 4 is 0 Å². The molecule has 1 nitrogen and oxygen atoms in total. The molecular formula is C39H74N+. The molecule has 0 amide bonds. The van der Waals surface area contributed by atoms with Crippen molar-refractivity contribution in [3.8, 4) is 0 Å². The summed E-state index contributed by atoms with van der Waals surface area (Å²) >= 11 is 0. The number of pyridine rings is 1. The average molecular weight is 557 g/mol. The fourth-order valence-electron chi connectivity index (χ4n) is 6.24. The smallest absolute Gasteiger partial charge is 0.171 e. The summed E-state index contributed by atoms with van der Waals surface area (Å²) < 4.78 is 2.57. The zero-order chi connectivity index (χ0) is 28.8. The van der Waals surface area contributed by atoms with Gasteiger partial charge in [0.1, 0.15) is 6.54 Å². The van der Waals surface area contributed by atoms with Crippen LogP contribution in [0.15, 0.2) is 18.5 Å². The van der Waals surface area contributed by atoms with Crippen LogP contribution in [-0.4, -0.2) is 0 Å². The van der Waals surface area contributed by atoms with E-state index < -0.39 is 0 Å². The Kier molecular flexibility index (Phi) is 27.5. The van der Waals surface area contributed by atoms with Crippen LogP contribution in [0.1, 0.15) is 212 Å². The van der Waals surface area contributed by atoms with Gasteiger partial charge in [0.25, 0.3) is 0 Å². The van der Waals surface area contributed by atoms with Crippen LogP contribution in [0, 0.1) is 0 Å². The molecule has 234 valence electrons. The molecule has 0 unspecified atom stereocenters. The van der Waals surface area contributed by atoms with E-state index in [0.29, 0.717) is 0 Å². The SMILES string of the molecule is CCCCCCCCCCCCCC[n+]1cc(CCCCCCCCCC)cc(CCCCCCCCCC)c1. The van der Waals surface area contributed by atoms with Gasteiger partial charge in [-0.2, -0.15) is 0 Å². The highest BCUT2D eigenvalue weighted by molar-refractivity contribution is 5.15. The summed E-state index contributed by atoms with van der Waals surface area (Å²) in [5.74, 6) is 0. The fraction of sp³-hybridized carbons (Fsp3) is 0.872. The van der Waals surface area contributed by atoms with Crippen LogP contribution in [0.5, 0.6) is 0 Å². The molecule has 1 aromatic rings. The molecule has 0 atom stereocenters. The Bertz CT molecular complexity index is 597. The first-order valence-corrected chi connectivity index (χ1v) is 18.8. The molecule has 0 saturated heterocycles. The predicted octanol–water partition coefficient (Wildman–Crippen LogP) is 13.0. The molecule has 1 aromatic heterocycles. The summed E-state index contributed by atoms with van der Waals surface area (Å²) in [6, 6.07) is 2.56. The maximum Gasteiger partial charge on any atom is 0.171 e. The van der Waals surface area contributed by atoms with Gasteiger partial charge in [0.15, 0.2) is 12.4 Å². The van der Waals surface area contributed by atoms with E-state index in [-0.39, 0.29) is 0 Å². The molecule has 40 heavy (non-hydrogen) atoms. The van der Waals surface area contributed by atoms with Crippen LogP contribution < -0.4 is 4.57 Å². The minimum atomic E-state index is 1.22. The minimum Gasteiger partial charge on any atom is -0.205 e.